The van der Waals surface area contributed by atoms with Crippen LogP contribution in [0.25, 0.3) is 0 Å². The number of thioether (sulfide) groups is 1. The SMILES string of the molecule is CC(C)CSCC(=O)NCc1cccs1. The van der Waals surface area contributed by atoms with Crippen molar-refractivity contribution in [2.75, 3.05) is 11.5 Å². The van der Waals surface area contributed by atoms with E-state index in [4.69, 9.17) is 0 Å². The van der Waals surface area contributed by atoms with Crippen molar-refractivity contribution in [3.05, 3.63) is 22.4 Å². The zero-order valence-corrected chi connectivity index (χ0v) is 10.8. The molecular formula is C11H17NOS2. The highest BCUT2D eigenvalue weighted by atomic mass is 32.2. The van der Waals surface area contributed by atoms with Gasteiger partial charge in [-0.3, -0.25) is 4.79 Å². The normalized spacial score (nSPS) is 10.6. The van der Waals surface area contributed by atoms with Gasteiger partial charge in [-0.2, -0.15) is 11.8 Å². The summed E-state index contributed by atoms with van der Waals surface area (Å²) in [6.45, 7) is 4.99. The zero-order valence-electron chi connectivity index (χ0n) is 9.16. The van der Waals surface area contributed by atoms with E-state index in [-0.39, 0.29) is 5.91 Å². The van der Waals surface area contributed by atoms with Crippen molar-refractivity contribution in [3.63, 3.8) is 0 Å². The van der Waals surface area contributed by atoms with E-state index in [1.807, 2.05) is 17.5 Å². The highest BCUT2D eigenvalue weighted by Gasteiger charge is 2.02. The molecule has 0 fully saturated rings. The quantitative estimate of drug-likeness (QED) is 0.832. The lowest BCUT2D eigenvalue weighted by Crippen LogP contribution is -2.24. The van der Waals surface area contributed by atoms with Gasteiger partial charge in [0.1, 0.15) is 0 Å². The summed E-state index contributed by atoms with van der Waals surface area (Å²) in [7, 11) is 0. The van der Waals surface area contributed by atoms with Crippen LogP contribution in [0.15, 0.2) is 17.5 Å². The molecule has 1 heterocycles. The summed E-state index contributed by atoms with van der Waals surface area (Å²) in [6, 6.07) is 4.03. The number of thiophene rings is 1. The fourth-order valence-electron chi connectivity index (χ4n) is 1.04. The molecular weight excluding hydrogens is 226 g/mol. The first-order valence-corrected chi connectivity index (χ1v) is 7.08. The Labute approximate surface area is 99.5 Å². The first-order chi connectivity index (χ1) is 7.18. The molecule has 1 aromatic rings. The van der Waals surface area contributed by atoms with E-state index >= 15 is 0 Å². The molecule has 0 radical (unpaired) electrons. The lowest BCUT2D eigenvalue weighted by Gasteiger charge is -2.05. The second-order valence-corrected chi connectivity index (χ2v) is 5.83. The Morgan fingerprint density at radius 2 is 2.40 bits per heavy atom. The van der Waals surface area contributed by atoms with E-state index in [1.165, 1.54) is 4.88 Å². The lowest BCUT2D eigenvalue weighted by atomic mass is 10.3. The van der Waals surface area contributed by atoms with Crippen molar-refractivity contribution in [2.45, 2.75) is 20.4 Å². The first-order valence-electron chi connectivity index (χ1n) is 5.05. The van der Waals surface area contributed by atoms with Crippen LogP contribution in [-0.4, -0.2) is 17.4 Å². The van der Waals surface area contributed by atoms with Crippen molar-refractivity contribution in [3.8, 4) is 0 Å². The van der Waals surface area contributed by atoms with Crippen LogP contribution in [0.1, 0.15) is 18.7 Å². The minimum Gasteiger partial charge on any atom is -0.350 e. The minimum absolute atomic E-state index is 0.133. The molecule has 0 saturated carbocycles. The van der Waals surface area contributed by atoms with E-state index in [0.29, 0.717) is 18.2 Å². The third-order valence-corrected chi connectivity index (χ3v) is 3.97. The van der Waals surface area contributed by atoms with Crippen molar-refractivity contribution in [1.29, 1.82) is 0 Å². The number of hydrogen-bond donors (Lipinski definition) is 1. The number of hydrogen-bond acceptors (Lipinski definition) is 3. The maximum atomic E-state index is 11.4. The Kier molecular flexibility index (Phi) is 5.79. The van der Waals surface area contributed by atoms with Crippen molar-refractivity contribution < 1.29 is 4.79 Å². The number of amides is 1. The van der Waals surface area contributed by atoms with E-state index < -0.39 is 0 Å². The summed E-state index contributed by atoms with van der Waals surface area (Å²) in [5.74, 6) is 2.41. The lowest BCUT2D eigenvalue weighted by molar-refractivity contribution is -0.118. The van der Waals surface area contributed by atoms with Gasteiger partial charge in [0.25, 0.3) is 0 Å². The summed E-state index contributed by atoms with van der Waals surface area (Å²) in [4.78, 5) is 12.6. The summed E-state index contributed by atoms with van der Waals surface area (Å²) in [6.07, 6.45) is 0. The molecule has 1 N–H and O–H groups in total. The zero-order chi connectivity index (χ0) is 11.1. The van der Waals surface area contributed by atoms with Crippen LogP contribution >= 0.6 is 23.1 Å². The number of rotatable bonds is 6. The van der Waals surface area contributed by atoms with E-state index in [2.05, 4.69) is 19.2 Å². The average Bonchev–Trinajstić information content (AvgIpc) is 2.66. The van der Waals surface area contributed by atoms with E-state index in [0.717, 1.165) is 5.75 Å². The molecule has 0 atom stereocenters. The number of carbonyl (C=O) groups excluding carboxylic acids is 1. The Hall–Kier alpha value is -0.480. The van der Waals surface area contributed by atoms with Crippen LogP contribution < -0.4 is 5.32 Å². The van der Waals surface area contributed by atoms with E-state index in [1.54, 1.807) is 23.1 Å². The monoisotopic (exact) mass is 243 g/mol. The summed E-state index contributed by atoms with van der Waals surface area (Å²) in [5, 5.41) is 4.93. The van der Waals surface area contributed by atoms with Crippen LogP contribution in [0.3, 0.4) is 0 Å². The van der Waals surface area contributed by atoms with Gasteiger partial charge in [-0.05, 0) is 23.1 Å². The van der Waals surface area contributed by atoms with Gasteiger partial charge in [0.15, 0.2) is 0 Å². The molecule has 0 aliphatic heterocycles. The topological polar surface area (TPSA) is 29.1 Å². The highest BCUT2D eigenvalue weighted by molar-refractivity contribution is 7.99. The minimum atomic E-state index is 0.133. The molecule has 2 nitrogen and oxygen atoms in total. The fourth-order valence-corrected chi connectivity index (χ4v) is 2.56. The Bertz CT molecular complexity index is 283. The van der Waals surface area contributed by atoms with Gasteiger partial charge in [-0.15, -0.1) is 11.3 Å². The maximum Gasteiger partial charge on any atom is 0.230 e. The molecule has 0 bridgehead atoms. The maximum absolute atomic E-state index is 11.4. The van der Waals surface area contributed by atoms with Crippen molar-refractivity contribution in [1.82, 2.24) is 5.32 Å². The van der Waals surface area contributed by atoms with Crippen LogP contribution in [-0.2, 0) is 11.3 Å². The summed E-state index contributed by atoms with van der Waals surface area (Å²) < 4.78 is 0. The summed E-state index contributed by atoms with van der Waals surface area (Å²) >= 11 is 3.37. The van der Waals surface area contributed by atoms with Gasteiger partial charge in [-0.1, -0.05) is 19.9 Å². The first kappa shape index (κ1) is 12.6. The molecule has 0 saturated heterocycles. The van der Waals surface area contributed by atoms with Crippen molar-refractivity contribution in [2.24, 2.45) is 5.92 Å². The second-order valence-electron chi connectivity index (χ2n) is 3.77. The predicted octanol–water partition coefficient (Wildman–Crippen LogP) is 2.75. The highest BCUT2D eigenvalue weighted by Crippen LogP contribution is 2.09. The van der Waals surface area contributed by atoms with Crippen LogP contribution in [0.5, 0.6) is 0 Å². The molecule has 15 heavy (non-hydrogen) atoms. The fraction of sp³-hybridized carbons (Fsp3) is 0.545. The van der Waals surface area contributed by atoms with Gasteiger partial charge in [0, 0.05) is 4.88 Å². The third kappa shape index (κ3) is 5.85. The second kappa shape index (κ2) is 6.90. The molecule has 1 aromatic heterocycles. The summed E-state index contributed by atoms with van der Waals surface area (Å²) in [5.41, 5.74) is 0. The largest absolute Gasteiger partial charge is 0.350 e. The van der Waals surface area contributed by atoms with Crippen LogP contribution in [0.4, 0.5) is 0 Å². The Morgan fingerprint density at radius 3 is 3.00 bits per heavy atom. The average molecular weight is 243 g/mol. The van der Waals surface area contributed by atoms with Gasteiger partial charge >= 0.3 is 0 Å². The Morgan fingerprint density at radius 1 is 1.60 bits per heavy atom. The standard InChI is InChI=1S/C11H17NOS2/c1-9(2)7-14-8-11(13)12-6-10-4-3-5-15-10/h3-5,9H,6-8H2,1-2H3,(H,12,13). The molecule has 0 unspecified atom stereocenters. The third-order valence-electron chi connectivity index (χ3n) is 1.72. The number of nitrogens with one attached hydrogen (secondary N) is 1. The van der Waals surface area contributed by atoms with Gasteiger partial charge in [0.2, 0.25) is 5.91 Å². The van der Waals surface area contributed by atoms with Crippen molar-refractivity contribution >= 4 is 29.0 Å². The number of carbonyl (C=O) groups is 1. The molecule has 4 heteroatoms. The van der Waals surface area contributed by atoms with Crippen LogP contribution in [0, 0.1) is 5.92 Å². The van der Waals surface area contributed by atoms with Crippen LogP contribution in [0.2, 0.25) is 0 Å². The smallest absolute Gasteiger partial charge is 0.230 e. The Balaban J connectivity index is 2.09. The molecule has 0 aromatic carbocycles. The van der Waals surface area contributed by atoms with Gasteiger partial charge in [0.05, 0.1) is 12.3 Å². The van der Waals surface area contributed by atoms with Gasteiger partial charge in [-0.25, -0.2) is 0 Å². The van der Waals surface area contributed by atoms with Gasteiger partial charge < -0.3 is 5.32 Å². The molecule has 1 amide bonds. The molecule has 84 valence electrons. The molecule has 0 aliphatic rings. The molecule has 0 spiro atoms. The van der Waals surface area contributed by atoms with E-state index in [9.17, 15) is 4.79 Å². The molecule has 0 aliphatic carbocycles. The molecule has 1 rings (SSSR count). The predicted molar refractivity (Wildman–Crippen MR) is 68.3 cm³/mol.